The van der Waals surface area contributed by atoms with Crippen LogP contribution in [0.5, 0.6) is 0 Å². The van der Waals surface area contributed by atoms with E-state index in [1.54, 1.807) is 30.3 Å². The van der Waals surface area contributed by atoms with E-state index in [-0.39, 0.29) is 11.1 Å². The summed E-state index contributed by atoms with van der Waals surface area (Å²) in [5.41, 5.74) is 0.123. The fourth-order valence-corrected chi connectivity index (χ4v) is 2.28. The van der Waals surface area contributed by atoms with Gasteiger partial charge in [-0.1, -0.05) is 43.7 Å². The summed E-state index contributed by atoms with van der Waals surface area (Å²) < 4.78 is 0. The van der Waals surface area contributed by atoms with E-state index in [0.29, 0.717) is 12.1 Å². The number of nitrogens with one attached hydrogen (secondary N) is 3. The van der Waals surface area contributed by atoms with Gasteiger partial charge in [0.1, 0.15) is 0 Å². The third-order valence-corrected chi connectivity index (χ3v) is 3.73. The normalized spacial score (nSPS) is 11.4. The van der Waals surface area contributed by atoms with Gasteiger partial charge in [-0.05, 0) is 12.5 Å². The predicted molar refractivity (Wildman–Crippen MR) is 97.0 cm³/mol. The van der Waals surface area contributed by atoms with Gasteiger partial charge in [0, 0.05) is 24.4 Å². The molecule has 26 heavy (non-hydrogen) atoms. The lowest BCUT2D eigenvalue weighted by Crippen LogP contribution is -2.51. The van der Waals surface area contributed by atoms with E-state index in [1.165, 1.54) is 18.3 Å². The number of ketones is 1. The number of rotatable bonds is 8. The van der Waals surface area contributed by atoms with Gasteiger partial charge in [-0.25, -0.2) is 0 Å². The second kappa shape index (κ2) is 9.31. The number of benzene rings is 1. The summed E-state index contributed by atoms with van der Waals surface area (Å²) in [4.78, 5) is 51.0. The van der Waals surface area contributed by atoms with Gasteiger partial charge in [0.15, 0.2) is 11.8 Å². The van der Waals surface area contributed by atoms with Gasteiger partial charge in [0.2, 0.25) is 5.56 Å². The Morgan fingerprint density at radius 3 is 2.38 bits per heavy atom. The highest BCUT2D eigenvalue weighted by molar-refractivity contribution is 6.16. The Hall–Kier alpha value is -3.22. The molecular formula is C19H21N3O4. The van der Waals surface area contributed by atoms with Crippen LogP contribution in [0.3, 0.4) is 0 Å². The van der Waals surface area contributed by atoms with Crippen molar-refractivity contribution in [3.63, 3.8) is 0 Å². The van der Waals surface area contributed by atoms with Gasteiger partial charge in [0.25, 0.3) is 11.8 Å². The smallest absolute Gasteiger partial charge is 0.253 e. The second-order valence-corrected chi connectivity index (χ2v) is 5.72. The molecule has 0 aliphatic heterocycles. The number of carbonyl (C=O) groups is 3. The Morgan fingerprint density at radius 2 is 1.77 bits per heavy atom. The van der Waals surface area contributed by atoms with E-state index in [4.69, 9.17) is 0 Å². The van der Waals surface area contributed by atoms with Crippen molar-refractivity contribution in [2.75, 3.05) is 6.54 Å². The molecule has 1 aromatic carbocycles. The standard InChI is InChI=1S/C19H21N3O4/c1-2-3-11-20-19(26)16(17(24)13-7-5-4-6-8-13)22-18(25)14-9-10-15(23)21-12-14/h4-10,12,16H,2-3,11H2,1H3,(H,20,26)(H,21,23)(H,22,25). The van der Waals surface area contributed by atoms with Gasteiger partial charge in [-0.15, -0.1) is 0 Å². The summed E-state index contributed by atoms with van der Waals surface area (Å²) in [6.07, 6.45) is 2.89. The summed E-state index contributed by atoms with van der Waals surface area (Å²) >= 11 is 0. The molecule has 7 nitrogen and oxygen atoms in total. The average molecular weight is 355 g/mol. The molecular weight excluding hydrogens is 334 g/mol. The molecule has 0 fully saturated rings. The minimum absolute atomic E-state index is 0.150. The summed E-state index contributed by atoms with van der Waals surface area (Å²) in [5.74, 6) is -1.69. The van der Waals surface area contributed by atoms with E-state index in [9.17, 15) is 19.2 Å². The first kappa shape index (κ1) is 19.1. The third kappa shape index (κ3) is 5.14. The van der Waals surface area contributed by atoms with Crippen molar-refractivity contribution >= 4 is 17.6 Å². The lowest BCUT2D eigenvalue weighted by atomic mass is 10.0. The third-order valence-electron chi connectivity index (χ3n) is 3.73. The molecule has 0 saturated heterocycles. The van der Waals surface area contributed by atoms with Crippen LogP contribution in [0.15, 0.2) is 53.5 Å². The summed E-state index contributed by atoms with van der Waals surface area (Å²) in [7, 11) is 0. The number of amides is 2. The van der Waals surface area contributed by atoms with E-state index in [0.717, 1.165) is 12.8 Å². The first-order valence-corrected chi connectivity index (χ1v) is 8.39. The van der Waals surface area contributed by atoms with E-state index in [2.05, 4.69) is 15.6 Å². The maximum absolute atomic E-state index is 12.7. The summed E-state index contributed by atoms with van der Waals surface area (Å²) in [6, 6.07) is 9.46. The number of aromatic amines is 1. The van der Waals surface area contributed by atoms with Crippen molar-refractivity contribution in [2.24, 2.45) is 0 Å². The maximum atomic E-state index is 12.7. The fourth-order valence-electron chi connectivity index (χ4n) is 2.28. The lowest BCUT2D eigenvalue weighted by Gasteiger charge is -2.17. The molecule has 1 aromatic heterocycles. The molecule has 2 rings (SSSR count). The molecule has 136 valence electrons. The van der Waals surface area contributed by atoms with E-state index < -0.39 is 23.6 Å². The number of carbonyl (C=O) groups excluding carboxylic acids is 3. The van der Waals surface area contributed by atoms with Crippen LogP contribution in [0.2, 0.25) is 0 Å². The van der Waals surface area contributed by atoms with Crippen molar-refractivity contribution in [2.45, 2.75) is 25.8 Å². The highest BCUT2D eigenvalue weighted by Crippen LogP contribution is 2.06. The van der Waals surface area contributed by atoms with Crippen molar-refractivity contribution in [1.29, 1.82) is 0 Å². The van der Waals surface area contributed by atoms with Crippen LogP contribution in [0.4, 0.5) is 0 Å². The van der Waals surface area contributed by atoms with E-state index >= 15 is 0 Å². The SMILES string of the molecule is CCCCNC(=O)C(NC(=O)c1ccc(=O)[nH]c1)C(=O)c1ccccc1. The molecule has 2 aromatic rings. The minimum atomic E-state index is -1.35. The largest absolute Gasteiger partial charge is 0.354 e. The topological polar surface area (TPSA) is 108 Å². The number of pyridine rings is 1. The zero-order chi connectivity index (χ0) is 18.9. The first-order chi connectivity index (χ1) is 12.5. The Balaban J connectivity index is 2.20. The minimum Gasteiger partial charge on any atom is -0.354 e. The van der Waals surface area contributed by atoms with Gasteiger partial charge >= 0.3 is 0 Å². The Morgan fingerprint density at radius 1 is 1.04 bits per heavy atom. The molecule has 0 radical (unpaired) electrons. The fraction of sp³-hybridized carbons (Fsp3) is 0.263. The van der Waals surface area contributed by atoms with Crippen molar-refractivity contribution in [3.05, 3.63) is 70.1 Å². The molecule has 0 aliphatic rings. The van der Waals surface area contributed by atoms with Crippen LogP contribution in [0, 0.1) is 0 Å². The number of aromatic nitrogens is 1. The molecule has 7 heteroatoms. The quantitative estimate of drug-likeness (QED) is 0.376. The van der Waals surface area contributed by atoms with Gasteiger partial charge in [-0.2, -0.15) is 0 Å². The average Bonchev–Trinajstić information content (AvgIpc) is 2.66. The molecule has 1 atom stereocenters. The Kier molecular flexibility index (Phi) is 6.84. The predicted octanol–water partition coefficient (Wildman–Crippen LogP) is 1.27. The lowest BCUT2D eigenvalue weighted by molar-refractivity contribution is -0.121. The van der Waals surface area contributed by atoms with Crippen LogP contribution in [-0.4, -0.2) is 35.2 Å². The van der Waals surface area contributed by atoms with E-state index in [1.807, 2.05) is 6.92 Å². The Bertz CT molecular complexity index is 810. The van der Waals surface area contributed by atoms with Gasteiger partial charge < -0.3 is 15.6 Å². The van der Waals surface area contributed by atoms with Gasteiger partial charge in [-0.3, -0.25) is 19.2 Å². The van der Waals surface area contributed by atoms with Gasteiger partial charge in [0.05, 0.1) is 5.56 Å². The first-order valence-electron chi connectivity index (χ1n) is 8.39. The maximum Gasteiger partial charge on any atom is 0.253 e. The molecule has 1 unspecified atom stereocenters. The number of hydrogen-bond acceptors (Lipinski definition) is 4. The second-order valence-electron chi connectivity index (χ2n) is 5.72. The summed E-state index contributed by atoms with van der Waals surface area (Å²) in [6.45, 7) is 2.40. The van der Waals surface area contributed by atoms with Crippen LogP contribution >= 0.6 is 0 Å². The molecule has 3 N–H and O–H groups in total. The van der Waals surface area contributed by atoms with Crippen LogP contribution < -0.4 is 16.2 Å². The molecule has 2 amide bonds. The van der Waals surface area contributed by atoms with Crippen LogP contribution in [-0.2, 0) is 4.79 Å². The van der Waals surface area contributed by atoms with Crippen molar-refractivity contribution in [1.82, 2.24) is 15.6 Å². The monoisotopic (exact) mass is 355 g/mol. The number of hydrogen-bond donors (Lipinski definition) is 3. The highest BCUT2D eigenvalue weighted by atomic mass is 16.2. The summed E-state index contributed by atoms with van der Waals surface area (Å²) in [5, 5.41) is 5.12. The molecule has 0 aliphatic carbocycles. The van der Waals surface area contributed by atoms with Crippen LogP contribution in [0.1, 0.15) is 40.5 Å². The Labute approximate surface area is 150 Å². The molecule has 0 saturated carbocycles. The number of unbranched alkanes of at least 4 members (excludes halogenated alkanes) is 1. The number of Topliss-reactive ketones (excluding diaryl/α,β-unsaturated/α-hetero) is 1. The molecule has 0 spiro atoms. The molecule has 0 bridgehead atoms. The molecule has 1 heterocycles. The number of H-pyrrole nitrogens is 1. The highest BCUT2D eigenvalue weighted by Gasteiger charge is 2.29. The zero-order valence-electron chi connectivity index (χ0n) is 14.5. The van der Waals surface area contributed by atoms with Crippen molar-refractivity contribution < 1.29 is 14.4 Å². The zero-order valence-corrected chi connectivity index (χ0v) is 14.5. The van der Waals surface area contributed by atoms with Crippen LogP contribution in [0.25, 0.3) is 0 Å². The van der Waals surface area contributed by atoms with Crippen molar-refractivity contribution in [3.8, 4) is 0 Å².